The van der Waals surface area contributed by atoms with Gasteiger partial charge in [0.2, 0.25) is 0 Å². The van der Waals surface area contributed by atoms with Gasteiger partial charge in [0.15, 0.2) is 0 Å². The van der Waals surface area contributed by atoms with Gasteiger partial charge in [-0.25, -0.2) is 4.39 Å². The van der Waals surface area contributed by atoms with E-state index in [1.54, 1.807) is 0 Å². The molecule has 2 nitrogen and oxygen atoms in total. The maximum Gasteiger partial charge on any atom is 0.113 e. The number of hydrogen-bond donors (Lipinski definition) is 2. The Hall–Kier alpha value is -0.150. The van der Waals surface area contributed by atoms with Gasteiger partial charge in [0.1, 0.15) is 6.17 Å². The fourth-order valence-corrected chi connectivity index (χ4v) is 0.299. The van der Waals surface area contributed by atoms with Gasteiger partial charge in [-0.3, -0.25) is 0 Å². The van der Waals surface area contributed by atoms with Gasteiger partial charge >= 0.3 is 0 Å². The zero-order valence-corrected chi connectivity index (χ0v) is 4.23. The van der Waals surface area contributed by atoms with Crippen molar-refractivity contribution in [3.63, 3.8) is 0 Å². The van der Waals surface area contributed by atoms with Crippen molar-refractivity contribution in [1.29, 1.82) is 0 Å². The number of alkyl halides is 1. The smallest absolute Gasteiger partial charge is 0.113 e. The minimum atomic E-state index is -0.898. The Morgan fingerprint density at radius 1 is 1.43 bits per heavy atom. The number of nitrogens with two attached hydrogens (primary N) is 2. The van der Waals surface area contributed by atoms with Crippen LogP contribution >= 0.6 is 0 Å². The number of hydrogen-bond acceptors (Lipinski definition) is 2. The molecule has 0 aromatic rings. The van der Waals surface area contributed by atoms with Crippen molar-refractivity contribution in [2.45, 2.75) is 12.6 Å². The first-order valence-electron chi connectivity index (χ1n) is 2.35. The molecular weight excluding hydrogens is 95.1 g/mol. The summed E-state index contributed by atoms with van der Waals surface area (Å²) in [7, 11) is 0. The molecule has 0 saturated heterocycles. The third kappa shape index (κ3) is 3.69. The molecule has 0 spiro atoms. The van der Waals surface area contributed by atoms with Gasteiger partial charge in [0.05, 0.1) is 0 Å². The van der Waals surface area contributed by atoms with Crippen LogP contribution in [0, 0.1) is 0 Å². The fourth-order valence-electron chi connectivity index (χ4n) is 0.299. The largest absolute Gasteiger partial charge is 0.330 e. The average Bonchev–Trinajstić information content (AvgIpc) is 1.68. The van der Waals surface area contributed by atoms with E-state index in [2.05, 4.69) is 0 Å². The molecule has 0 radical (unpaired) electrons. The van der Waals surface area contributed by atoms with E-state index in [1.165, 1.54) is 0 Å². The Bertz CT molecular complexity index is 40.7. The summed E-state index contributed by atoms with van der Waals surface area (Å²) in [5.41, 5.74) is 9.94. The lowest BCUT2D eigenvalue weighted by atomic mass is 10.3. The van der Waals surface area contributed by atoms with E-state index in [-0.39, 0.29) is 6.54 Å². The summed E-state index contributed by atoms with van der Waals surface area (Å²) in [5, 5.41) is 0. The van der Waals surface area contributed by atoms with Crippen LogP contribution in [0.3, 0.4) is 0 Å². The molecule has 0 saturated carbocycles. The highest BCUT2D eigenvalue weighted by Crippen LogP contribution is 1.90. The van der Waals surface area contributed by atoms with Gasteiger partial charge < -0.3 is 11.5 Å². The molecule has 44 valence electrons. The summed E-state index contributed by atoms with van der Waals surface area (Å²) in [6, 6.07) is 0. The van der Waals surface area contributed by atoms with E-state index in [0.29, 0.717) is 13.0 Å². The Morgan fingerprint density at radius 3 is 2.14 bits per heavy atom. The van der Waals surface area contributed by atoms with Gasteiger partial charge in [0.25, 0.3) is 0 Å². The summed E-state index contributed by atoms with van der Waals surface area (Å²) in [6.07, 6.45) is -0.513. The van der Waals surface area contributed by atoms with Crippen LogP contribution in [-0.2, 0) is 0 Å². The molecule has 0 amide bonds. The highest BCUT2D eigenvalue weighted by molar-refractivity contribution is 4.54. The summed E-state index contributed by atoms with van der Waals surface area (Å²) < 4.78 is 11.9. The van der Waals surface area contributed by atoms with Gasteiger partial charge in [-0.1, -0.05) is 0 Å². The second-order valence-electron chi connectivity index (χ2n) is 1.41. The maximum absolute atomic E-state index is 11.9. The van der Waals surface area contributed by atoms with Crippen molar-refractivity contribution in [2.24, 2.45) is 11.5 Å². The minimum Gasteiger partial charge on any atom is -0.330 e. The van der Waals surface area contributed by atoms with Crippen LogP contribution in [0.5, 0.6) is 0 Å². The summed E-state index contributed by atoms with van der Waals surface area (Å²) in [6.45, 7) is 0.482. The summed E-state index contributed by atoms with van der Waals surface area (Å²) in [5.74, 6) is 0. The molecule has 0 aliphatic rings. The lowest BCUT2D eigenvalue weighted by Gasteiger charge is -1.98. The van der Waals surface area contributed by atoms with E-state index >= 15 is 0 Å². The normalized spacial score (nSPS) is 14.1. The zero-order valence-electron chi connectivity index (χ0n) is 4.23. The molecule has 0 bridgehead atoms. The number of halogens is 1. The monoisotopic (exact) mass is 106 g/mol. The SMILES string of the molecule is NCC[C@H](F)CN. The van der Waals surface area contributed by atoms with Crippen LogP contribution in [0.25, 0.3) is 0 Å². The quantitative estimate of drug-likeness (QED) is 0.516. The predicted octanol–water partition coefficient (Wildman–Crippen LogP) is -0.368. The number of rotatable bonds is 3. The van der Waals surface area contributed by atoms with Crippen LogP contribution < -0.4 is 11.5 Å². The van der Waals surface area contributed by atoms with Crippen LogP contribution in [0.4, 0.5) is 4.39 Å². The molecule has 0 unspecified atom stereocenters. The first kappa shape index (κ1) is 6.85. The van der Waals surface area contributed by atoms with Crippen molar-refractivity contribution in [2.75, 3.05) is 13.1 Å². The topological polar surface area (TPSA) is 52.0 Å². The molecule has 4 N–H and O–H groups in total. The van der Waals surface area contributed by atoms with Crippen molar-refractivity contribution in [1.82, 2.24) is 0 Å². The molecule has 0 aliphatic carbocycles. The predicted molar refractivity (Wildman–Crippen MR) is 27.6 cm³/mol. The second-order valence-corrected chi connectivity index (χ2v) is 1.41. The molecular formula is C4H11FN2. The van der Waals surface area contributed by atoms with Crippen molar-refractivity contribution in [3.05, 3.63) is 0 Å². The van der Waals surface area contributed by atoms with E-state index in [1.807, 2.05) is 0 Å². The highest BCUT2D eigenvalue weighted by Gasteiger charge is 1.98. The van der Waals surface area contributed by atoms with Crippen molar-refractivity contribution < 1.29 is 4.39 Å². The molecule has 0 aromatic heterocycles. The van der Waals surface area contributed by atoms with Crippen LogP contribution in [0.15, 0.2) is 0 Å². The molecule has 7 heavy (non-hydrogen) atoms. The second kappa shape index (κ2) is 4.02. The van der Waals surface area contributed by atoms with Crippen LogP contribution in [-0.4, -0.2) is 19.3 Å². The van der Waals surface area contributed by atoms with E-state index in [9.17, 15) is 4.39 Å². The first-order valence-corrected chi connectivity index (χ1v) is 2.35. The van der Waals surface area contributed by atoms with Crippen molar-refractivity contribution >= 4 is 0 Å². The Labute approximate surface area is 42.7 Å². The fraction of sp³-hybridized carbons (Fsp3) is 1.00. The molecule has 0 aliphatic heterocycles. The van der Waals surface area contributed by atoms with E-state index in [4.69, 9.17) is 11.5 Å². The Morgan fingerprint density at radius 2 is 2.00 bits per heavy atom. The third-order valence-electron chi connectivity index (χ3n) is 0.736. The van der Waals surface area contributed by atoms with Gasteiger partial charge in [-0.2, -0.15) is 0 Å². The molecule has 3 heteroatoms. The minimum absolute atomic E-state index is 0.0944. The molecule has 1 atom stereocenters. The zero-order chi connectivity index (χ0) is 5.70. The molecule has 0 fully saturated rings. The van der Waals surface area contributed by atoms with Crippen LogP contribution in [0.2, 0.25) is 0 Å². The maximum atomic E-state index is 11.9. The van der Waals surface area contributed by atoms with E-state index < -0.39 is 6.17 Å². The van der Waals surface area contributed by atoms with E-state index in [0.717, 1.165) is 0 Å². The summed E-state index contributed by atoms with van der Waals surface area (Å²) in [4.78, 5) is 0. The lowest BCUT2D eigenvalue weighted by molar-refractivity contribution is 0.326. The summed E-state index contributed by atoms with van der Waals surface area (Å²) >= 11 is 0. The molecule has 0 rings (SSSR count). The van der Waals surface area contributed by atoms with Gasteiger partial charge in [-0.15, -0.1) is 0 Å². The first-order chi connectivity index (χ1) is 3.31. The van der Waals surface area contributed by atoms with Gasteiger partial charge in [-0.05, 0) is 13.0 Å². The Balaban J connectivity index is 2.83. The van der Waals surface area contributed by atoms with Gasteiger partial charge in [0, 0.05) is 6.54 Å². The standard InChI is InChI=1S/C4H11FN2/c5-4(3-7)1-2-6/h4H,1-3,6-7H2/t4-/m0/s1. The third-order valence-corrected chi connectivity index (χ3v) is 0.736. The molecule has 0 heterocycles. The Kier molecular flexibility index (Phi) is 3.93. The average molecular weight is 106 g/mol. The van der Waals surface area contributed by atoms with Crippen LogP contribution in [0.1, 0.15) is 6.42 Å². The lowest BCUT2D eigenvalue weighted by Crippen LogP contribution is -2.18. The molecule has 0 aromatic carbocycles. The highest BCUT2D eigenvalue weighted by atomic mass is 19.1. The van der Waals surface area contributed by atoms with Crippen molar-refractivity contribution in [3.8, 4) is 0 Å².